The molecule has 3 rings (SSSR count). The first-order chi connectivity index (χ1) is 14.8. The molecule has 2 unspecified atom stereocenters. The van der Waals surface area contributed by atoms with Crippen LogP contribution in [0, 0.1) is 0 Å². The first kappa shape index (κ1) is 23.2. The zero-order valence-corrected chi connectivity index (χ0v) is 18.3. The van der Waals surface area contributed by atoms with E-state index in [1.807, 2.05) is 6.07 Å². The second-order valence-corrected chi connectivity index (χ2v) is 9.48. The summed E-state index contributed by atoms with van der Waals surface area (Å²) in [7, 11) is -3.47. The third kappa shape index (κ3) is 7.32. The Labute approximate surface area is 183 Å². The Hall–Kier alpha value is -2.46. The number of para-hydroxylation sites is 2. The molecule has 3 N–H and O–H groups in total. The predicted molar refractivity (Wildman–Crippen MR) is 120 cm³/mol. The van der Waals surface area contributed by atoms with Gasteiger partial charge < -0.3 is 15.2 Å². The number of carbonyl (C=O) groups excluding carboxylic acids is 1. The van der Waals surface area contributed by atoms with E-state index in [0.717, 1.165) is 25.8 Å². The molecule has 2 aromatic rings. The maximum Gasteiger partial charge on any atom is 0.229 e. The van der Waals surface area contributed by atoms with Crippen molar-refractivity contribution in [1.82, 2.24) is 10.2 Å². The smallest absolute Gasteiger partial charge is 0.229 e. The monoisotopic (exact) mass is 447 g/mol. The molecule has 0 bridgehead atoms. The number of β-amino-alcohol motifs (C(OH)–C–C–N with tert-alkyl or cyclic N) is 1. The Morgan fingerprint density at radius 2 is 1.84 bits per heavy atom. The molecule has 1 aliphatic heterocycles. The number of aldehydes is 1. The van der Waals surface area contributed by atoms with E-state index in [1.54, 1.807) is 24.3 Å². The molecule has 1 heterocycles. The molecule has 0 aliphatic carbocycles. The molecule has 9 heteroatoms. The number of nitrogens with zero attached hydrogens (tertiary/aromatic N) is 1. The molecule has 0 radical (unpaired) electrons. The van der Waals surface area contributed by atoms with Crippen LogP contribution in [0.1, 0.15) is 11.1 Å². The topological polar surface area (TPSA) is 108 Å². The maximum atomic E-state index is 11.5. The predicted octanol–water partition coefficient (Wildman–Crippen LogP) is 1.01. The van der Waals surface area contributed by atoms with Gasteiger partial charge >= 0.3 is 0 Å². The van der Waals surface area contributed by atoms with Gasteiger partial charge in [0.2, 0.25) is 10.0 Å². The van der Waals surface area contributed by atoms with Crippen LogP contribution in [0.5, 0.6) is 5.75 Å². The third-order valence-electron chi connectivity index (χ3n) is 5.02. The van der Waals surface area contributed by atoms with Crippen LogP contribution < -0.4 is 14.8 Å². The molecule has 0 spiro atoms. The van der Waals surface area contributed by atoms with Crippen molar-refractivity contribution in [2.75, 3.05) is 37.2 Å². The molecule has 31 heavy (non-hydrogen) atoms. The lowest BCUT2D eigenvalue weighted by Gasteiger charge is -2.30. The lowest BCUT2D eigenvalue weighted by molar-refractivity contribution is -0.113. The van der Waals surface area contributed by atoms with E-state index in [9.17, 15) is 18.3 Å². The first-order valence-corrected chi connectivity index (χ1v) is 12.1. The van der Waals surface area contributed by atoms with Gasteiger partial charge in [-0.2, -0.15) is 0 Å². The summed E-state index contributed by atoms with van der Waals surface area (Å²) in [5.74, 6) is 0.263. The van der Waals surface area contributed by atoms with Gasteiger partial charge in [-0.05, 0) is 29.7 Å². The Morgan fingerprint density at radius 3 is 2.58 bits per heavy atom. The Morgan fingerprint density at radius 1 is 1.13 bits per heavy atom. The van der Waals surface area contributed by atoms with E-state index in [-0.39, 0.29) is 18.0 Å². The van der Waals surface area contributed by atoms with Crippen LogP contribution in [0.4, 0.5) is 5.69 Å². The van der Waals surface area contributed by atoms with Crippen LogP contribution in [-0.2, 0) is 27.8 Å². The SMILES string of the molecule is CS(=O)(=O)Nc1ccccc1OC(C=O)CNCC(O)CN1CCc2ccccc2C1. The molecule has 8 nitrogen and oxygen atoms in total. The summed E-state index contributed by atoms with van der Waals surface area (Å²) in [5, 5.41) is 13.4. The van der Waals surface area contributed by atoms with E-state index in [4.69, 9.17) is 4.74 Å². The molecule has 2 aromatic carbocycles. The number of carbonyl (C=O) groups is 1. The van der Waals surface area contributed by atoms with Crippen LogP contribution in [0.2, 0.25) is 0 Å². The number of hydrogen-bond acceptors (Lipinski definition) is 7. The third-order valence-corrected chi connectivity index (χ3v) is 5.61. The van der Waals surface area contributed by atoms with Crippen LogP contribution in [-0.4, -0.2) is 69.4 Å². The summed E-state index contributed by atoms with van der Waals surface area (Å²) < 4.78 is 31.0. The van der Waals surface area contributed by atoms with Crippen molar-refractivity contribution in [1.29, 1.82) is 0 Å². The maximum absolute atomic E-state index is 11.5. The number of anilines is 1. The van der Waals surface area contributed by atoms with Gasteiger partial charge in [-0.3, -0.25) is 14.4 Å². The quantitative estimate of drug-likeness (QED) is 0.441. The number of sulfonamides is 1. The normalized spacial score (nSPS) is 16.2. The Balaban J connectivity index is 1.46. The number of ether oxygens (including phenoxy) is 1. The summed E-state index contributed by atoms with van der Waals surface area (Å²) in [6.45, 7) is 2.76. The van der Waals surface area contributed by atoms with Crippen molar-refractivity contribution in [2.45, 2.75) is 25.2 Å². The summed E-state index contributed by atoms with van der Waals surface area (Å²) in [4.78, 5) is 13.7. The second-order valence-electron chi connectivity index (χ2n) is 7.73. The van der Waals surface area contributed by atoms with E-state index in [0.29, 0.717) is 19.4 Å². The van der Waals surface area contributed by atoms with Crippen LogP contribution in [0.3, 0.4) is 0 Å². The molecule has 2 atom stereocenters. The highest BCUT2D eigenvalue weighted by Gasteiger charge is 2.19. The fourth-order valence-electron chi connectivity index (χ4n) is 3.60. The van der Waals surface area contributed by atoms with Crippen LogP contribution in [0.15, 0.2) is 48.5 Å². The van der Waals surface area contributed by atoms with Crippen molar-refractivity contribution < 1.29 is 23.1 Å². The van der Waals surface area contributed by atoms with Gasteiger partial charge in [0, 0.05) is 32.7 Å². The van der Waals surface area contributed by atoms with Crippen molar-refractivity contribution >= 4 is 22.0 Å². The highest BCUT2D eigenvalue weighted by molar-refractivity contribution is 7.92. The van der Waals surface area contributed by atoms with Gasteiger partial charge in [0.05, 0.1) is 18.0 Å². The van der Waals surface area contributed by atoms with Gasteiger partial charge in [0.15, 0.2) is 12.4 Å². The molecular formula is C22H29N3O5S. The molecular weight excluding hydrogens is 418 g/mol. The first-order valence-electron chi connectivity index (χ1n) is 10.2. The fraction of sp³-hybridized carbons (Fsp3) is 0.409. The number of hydrogen-bond donors (Lipinski definition) is 3. The number of benzene rings is 2. The molecule has 168 valence electrons. The van der Waals surface area contributed by atoms with Gasteiger partial charge in [-0.1, -0.05) is 36.4 Å². The van der Waals surface area contributed by atoms with Gasteiger partial charge in [-0.25, -0.2) is 8.42 Å². The summed E-state index contributed by atoms with van der Waals surface area (Å²) in [6, 6.07) is 14.9. The van der Waals surface area contributed by atoms with E-state index in [2.05, 4.69) is 33.1 Å². The summed E-state index contributed by atoms with van der Waals surface area (Å²) in [6.07, 6.45) is 1.26. The van der Waals surface area contributed by atoms with Crippen LogP contribution >= 0.6 is 0 Å². The highest BCUT2D eigenvalue weighted by Crippen LogP contribution is 2.25. The molecule has 0 saturated carbocycles. The fourth-order valence-corrected chi connectivity index (χ4v) is 4.17. The van der Waals surface area contributed by atoms with E-state index >= 15 is 0 Å². The van der Waals surface area contributed by atoms with Crippen molar-refractivity contribution in [3.63, 3.8) is 0 Å². The summed E-state index contributed by atoms with van der Waals surface area (Å²) >= 11 is 0. The Kier molecular flexibility index (Phi) is 8.03. The number of aliphatic hydroxyl groups excluding tert-OH is 1. The molecule has 0 saturated heterocycles. The average Bonchev–Trinajstić information content (AvgIpc) is 2.73. The van der Waals surface area contributed by atoms with E-state index < -0.39 is 22.2 Å². The zero-order valence-electron chi connectivity index (χ0n) is 17.5. The number of fused-ring (bicyclic) bond motifs is 1. The minimum atomic E-state index is -3.47. The summed E-state index contributed by atoms with van der Waals surface area (Å²) in [5.41, 5.74) is 2.93. The lowest BCUT2D eigenvalue weighted by atomic mass is 10.00. The Bertz CT molecular complexity index is 983. The van der Waals surface area contributed by atoms with Gasteiger partial charge in [-0.15, -0.1) is 0 Å². The zero-order chi connectivity index (χ0) is 22.3. The average molecular weight is 448 g/mol. The molecule has 0 aromatic heterocycles. The van der Waals surface area contributed by atoms with E-state index in [1.165, 1.54) is 11.1 Å². The van der Waals surface area contributed by atoms with Crippen molar-refractivity contribution in [2.24, 2.45) is 0 Å². The van der Waals surface area contributed by atoms with Crippen LogP contribution in [0.25, 0.3) is 0 Å². The van der Waals surface area contributed by atoms with Crippen molar-refractivity contribution in [3.8, 4) is 5.75 Å². The number of nitrogens with one attached hydrogen (secondary N) is 2. The van der Waals surface area contributed by atoms with Gasteiger partial charge in [0.25, 0.3) is 0 Å². The number of aliphatic hydroxyl groups is 1. The molecule has 0 fully saturated rings. The molecule has 0 amide bonds. The minimum absolute atomic E-state index is 0.191. The van der Waals surface area contributed by atoms with Gasteiger partial charge in [0.1, 0.15) is 5.75 Å². The highest BCUT2D eigenvalue weighted by atomic mass is 32.2. The second kappa shape index (κ2) is 10.7. The van der Waals surface area contributed by atoms with Crippen molar-refractivity contribution in [3.05, 3.63) is 59.7 Å². The molecule has 1 aliphatic rings. The largest absolute Gasteiger partial charge is 0.479 e. The minimum Gasteiger partial charge on any atom is -0.479 e. The lowest BCUT2D eigenvalue weighted by Crippen LogP contribution is -2.43. The standard InChI is InChI=1S/C22H29N3O5S/c1-31(28,29)24-21-8-4-5-9-22(21)30-20(16-26)13-23-12-19(27)15-25-11-10-17-6-2-3-7-18(17)14-25/h2-9,16,19-20,23-24,27H,10-15H2,1H3. The number of rotatable bonds is 11.